The summed E-state index contributed by atoms with van der Waals surface area (Å²) in [6.45, 7) is 6.59. The van der Waals surface area contributed by atoms with Crippen molar-refractivity contribution in [2.24, 2.45) is 7.05 Å². The van der Waals surface area contributed by atoms with Gasteiger partial charge in [-0.25, -0.2) is 4.68 Å². The maximum absolute atomic E-state index is 14.1. The van der Waals surface area contributed by atoms with E-state index in [2.05, 4.69) is 25.6 Å². The highest BCUT2D eigenvalue weighted by Crippen LogP contribution is 2.39. The van der Waals surface area contributed by atoms with Crippen molar-refractivity contribution in [1.82, 2.24) is 29.7 Å². The maximum Gasteiger partial charge on any atom is 0.416 e. The number of amides is 1. The molecule has 0 saturated carbocycles. The molecule has 3 heterocycles. The second kappa shape index (κ2) is 11.2. The van der Waals surface area contributed by atoms with Crippen LogP contribution in [0.5, 0.6) is 0 Å². The molecular weight excluding hydrogens is 545 g/mol. The van der Waals surface area contributed by atoms with Gasteiger partial charge < -0.3 is 15.1 Å². The van der Waals surface area contributed by atoms with Gasteiger partial charge in [0.25, 0.3) is 5.91 Å². The minimum Gasteiger partial charge on any atom is -0.371 e. The van der Waals surface area contributed by atoms with Gasteiger partial charge in [0.05, 0.1) is 23.6 Å². The Morgan fingerprint density at radius 1 is 1.05 bits per heavy atom. The average molecular weight is 581 g/mol. The third-order valence-electron chi connectivity index (χ3n) is 8.20. The molecule has 0 radical (unpaired) electrons. The number of aromatic nitrogens is 5. The van der Waals surface area contributed by atoms with Crippen molar-refractivity contribution in [2.75, 3.05) is 37.4 Å². The molecule has 1 saturated heterocycles. The van der Waals surface area contributed by atoms with Gasteiger partial charge in [0.2, 0.25) is 0 Å². The van der Waals surface area contributed by atoms with Crippen LogP contribution < -0.4 is 10.2 Å². The third kappa shape index (κ3) is 5.76. The Morgan fingerprint density at radius 3 is 2.38 bits per heavy atom. The molecule has 222 valence electrons. The largest absolute Gasteiger partial charge is 0.416 e. The number of carbonyl (C=O) groups is 1. The van der Waals surface area contributed by atoms with E-state index in [0.29, 0.717) is 36.2 Å². The van der Waals surface area contributed by atoms with Gasteiger partial charge in [0.15, 0.2) is 0 Å². The number of nitrogens with one attached hydrogen (secondary N) is 1. The van der Waals surface area contributed by atoms with Crippen LogP contribution in [0.4, 0.5) is 24.5 Å². The smallest absolute Gasteiger partial charge is 0.371 e. The number of alkyl halides is 3. The molecule has 2 aromatic heterocycles. The molecule has 1 fully saturated rings. The van der Waals surface area contributed by atoms with Crippen LogP contribution in [0, 0.1) is 20.8 Å². The standard InChI is InChI=1S/C30H35F3N8O/c1-18-7-8-21(13-27(18)41-17-26(36-37-41)24-16-34-39(6)20(24)3)29(42)35-22-14-25(30(31,32)33)19(2)28(15-22)40-11-9-23(10-12-40)38(4)5/h7-8,13-17,23H,9-12H2,1-6H3,(H,35,42). The average Bonchev–Trinajstić information content (AvgIpc) is 3.55. The van der Waals surface area contributed by atoms with Crippen LogP contribution >= 0.6 is 0 Å². The monoisotopic (exact) mass is 580 g/mol. The predicted molar refractivity (Wildman–Crippen MR) is 156 cm³/mol. The molecule has 1 amide bonds. The summed E-state index contributed by atoms with van der Waals surface area (Å²) in [6, 6.07) is 8.12. The van der Waals surface area contributed by atoms with E-state index < -0.39 is 17.6 Å². The number of anilines is 2. The molecule has 9 nitrogen and oxygen atoms in total. The molecule has 1 aliphatic heterocycles. The Labute approximate surface area is 242 Å². The highest BCUT2D eigenvalue weighted by molar-refractivity contribution is 6.05. The Hall–Kier alpha value is -4.19. The zero-order chi connectivity index (χ0) is 30.3. The lowest BCUT2D eigenvalue weighted by Crippen LogP contribution is -2.42. The topological polar surface area (TPSA) is 84.1 Å². The summed E-state index contributed by atoms with van der Waals surface area (Å²) in [6.07, 6.45) is 0.614. The van der Waals surface area contributed by atoms with E-state index in [1.54, 1.807) is 46.0 Å². The van der Waals surface area contributed by atoms with E-state index in [1.807, 2.05) is 39.9 Å². The van der Waals surface area contributed by atoms with Crippen molar-refractivity contribution < 1.29 is 18.0 Å². The first kappa shape index (κ1) is 29.3. The summed E-state index contributed by atoms with van der Waals surface area (Å²) >= 11 is 0. The quantitative estimate of drug-likeness (QED) is 0.329. The van der Waals surface area contributed by atoms with Gasteiger partial charge in [0, 0.05) is 54.4 Å². The molecular formula is C30H35F3N8O. The number of piperidine rings is 1. The first-order valence-corrected chi connectivity index (χ1v) is 13.8. The van der Waals surface area contributed by atoms with E-state index in [9.17, 15) is 18.0 Å². The second-order valence-electron chi connectivity index (χ2n) is 11.1. The summed E-state index contributed by atoms with van der Waals surface area (Å²) < 4.78 is 45.6. The summed E-state index contributed by atoms with van der Waals surface area (Å²) in [5.74, 6) is -0.520. The number of carbonyl (C=O) groups excluding carboxylic acids is 1. The normalized spacial score (nSPS) is 14.6. The first-order chi connectivity index (χ1) is 19.8. The summed E-state index contributed by atoms with van der Waals surface area (Å²) in [5, 5.41) is 15.5. The molecule has 2 aromatic carbocycles. The van der Waals surface area contributed by atoms with Gasteiger partial charge in [-0.2, -0.15) is 18.3 Å². The van der Waals surface area contributed by atoms with Crippen LogP contribution in [0.2, 0.25) is 0 Å². The molecule has 0 aliphatic carbocycles. The van der Waals surface area contributed by atoms with Gasteiger partial charge in [0.1, 0.15) is 5.69 Å². The molecule has 0 spiro atoms. The van der Waals surface area contributed by atoms with Gasteiger partial charge in [-0.05, 0) is 83.1 Å². The minimum absolute atomic E-state index is 0.0971. The Morgan fingerprint density at radius 2 is 1.76 bits per heavy atom. The number of halogens is 3. The molecule has 0 bridgehead atoms. The lowest BCUT2D eigenvalue weighted by molar-refractivity contribution is -0.138. The summed E-state index contributed by atoms with van der Waals surface area (Å²) in [4.78, 5) is 17.5. The van der Waals surface area contributed by atoms with Gasteiger partial charge in [-0.3, -0.25) is 9.48 Å². The molecule has 5 rings (SSSR count). The highest BCUT2D eigenvalue weighted by Gasteiger charge is 2.35. The Balaban J connectivity index is 1.43. The van der Waals surface area contributed by atoms with Crippen molar-refractivity contribution in [3.8, 4) is 16.9 Å². The van der Waals surface area contributed by atoms with E-state index in [4.69, 9.17) is 0 Å². The molecule has 0 atom stereocenters. The van der Waals surface area contributed by atoms with Crippen LogP contribution in [0.15, 0.2) is 42.7 Å². The third-order valence-corrected chi connectivity index (χ3v) is 8.20. The van der Waals surface area contributed by atoms with E-state index in [-0.39, 0.29) is 16.8 Å². The van der Waals surface area contributed by atoms with Crippen molar-refractivity contribution in [2.45, 2.75) is 45.8 Å². The predicted octanol–water partition coefficient (Wildman–Crippen LogP) is 5.39. The lowest BCUT2D eigenvalue weighted by atomic mass is 9.99. The number of benzene rings is 2. The minimum atomic E-state index is -4.56. The fourth-order valence-corrected chi connectivity index (χ4v) is 5.47. The van der Waals surface area contributed by atoms with Crippen LogP contribution in [0.25, 0.3) is 16.9 Å². The number of rotatable bonds is 6. The van der Waals surface area contributed by atoms with Gasteiger partial charge >= 0.3 is 6.18 Å². The molecule has 12 heteroatoms. The van der Waals surface area contributed by atoms with E-state index in [0.717, 1.165) is 35.7 Å². The van der Waals surface area contributed by atoms with Crippen molar-refractivity contribution in [3.63, 3.8) is 0 Å². The lowest BCUT2D eigenvalue weighted by Gasteiger charge is -2.37. The molecule has 1 N–H and O–H groups in total. The summed E-state index contributed by atoms with van der Waals surface area (Å²) in [5.41, 5.74) is 4.17. The van der Waals surface area contributed by atoms with Crippen LogP contribution in [-0.2, 0) is 13.2 Å². The van der Waals surface area contributed by atoms with Crippen LogP contribution in [0.3, 0.4) is 0 Å². The molecule has 1 aliphatic rings. The second-order valence-corrected chi connectivity index (χ2v) is 11.1. The maximum atomic E-state index is 14.1. The number of hydrogen-bond acceptors (Lipinski definition) is 6. The number of aryl methyl sites for hydroxylation is 2. The SMILES string of the molecule is Cc1ccc(C(=O)Nc2cc(N3CCC(N(C)C)CC3)c(C)c(C(F)(F)F)c2)cc1-n1cc(-c2cnn(C)c2C)nn1. The van der Waals surface area contributed by atoms with Crippen molar-refractivity contribution >= 4 is 17.3 Å². The summed E-state index contributed by atoms with van der Waals surface area (Å²) in [7, 11) is 5.88. The van der Waals surface area contributed by atoms with Gasteiger partial charge in [-0.1, -0.05) is 11.3 Å². The zero-order valence-electron chi connectivity index (χ0n) is 24.6. The fraction of sp³-hybridized carbons (Fsp3) is 0.400. The Bertz CT molecular complexity index is 1610. The molecule has 42 heavy (non-hydrogen) atoms. The number of hydrogen-bond donors (Lipinski definition) is 1. The van der Waals surface area contributed by atoms with Crippen LogP contribution in [0.1, 0.15) is 45.6 Å². The highest BCUT2D eigenvalue weighted by atomic mass is 19.4. The first-order valence-electron chi connectivity index (χ1n) is 13.8. The van der Waals surface area contributed by atoms with E-state index >= 15 is 0 Å². The van der Waals surface area contributed by atoms with Crippen LogP contribution in [-0.4, -0.2) is 68.8 Å². The van der Waals surface area contributed by atoms with Crippen molar-refractivity contribution in [1.29, 1.82) is 0 Å². The zero-order valence-corrected chi connectivity index (χ0v) is 24.6. The molecule has 0 unspecified atom stereocenters. The number of nitrogens with zero attached hydrogens (tertiary/aromatic N) is 7. The molecule has 4 aromatic rings. The fourth-order valence-electron chi connectivity index (χ4n) is 5.47. The van der Waals surface area contributed by atoms with E-state index in [1.165, 1.54) is 6.92 Å². The van der Waals surface area contributed by atoms with Crippen molar-refractivity contribution in [3.05, 3.63) is 70.7 Å². The van der Waals surface area contributed by atoms with Gasteiger partial charge in [-0.15, -0.1) is 5.10 Å². The Kier molecular flexibility index (Phi) is 7.84.